The van der Waals surface area contributed by atoms with Crippen LogP contribution in [0.15, 0.2) is 36.7 Å². The molecule has 0 aliphatic carbocycles. The molecule has 0 amide bonds. The lowest BCUT2D eigenvalue weighted by atomic mass is 10.2. The smallest absolute Gasteiger partial charge is 0.385 e. The Kier molecular flexibility index (Phi) is 4.30. The molecule has 3 rings (SSSR count). The minimum atomic E-state index is -4.45. The number of anilines is 3. The van der Waals surface area contributed by atoms with Gasteiger partial charge in [-0.3, -0.25) is 4.98 Å². The molecule has 6 nitrogen and oxygen atoms in total. The SMILES string of the molecule is CNc1cc(C(F)(F)F)cnc1Nc1nc(-c2ccccn2)ns1. The van der Waals surface area contributed by atoms with Crippen LogP contribution in [0.4, 0.5) is 29.8 Å². The second kappa shape index (κ2) is 6.40. The summed E-state index contributed by atoms with van der Waals surface area (Å²) >= 11 is 1.07. The van der Waals surface area contributed by atoms with E-state index in [1.165, 1.54) is 7.05 Å². The van der Waals surface area contributed by atoms with Gasteiger partial charge in [0, 0.05) is 31.0 Å². The molecule has 0 atom stereocenters. The quantitative estimate of drug-likeness (QED) is 0.744. The van der Waals surface area contributed by atoms with Crippen molar-refractivity contribution in [3.8, 4) is 11.5 Å². The molecule has 0 fully saturated rings. The second-order valence-electron chi connectivity index (χ2n) is 4.63. The van der Waals surface area contributed by atoms with Crippen LogP contribution in [-0.2, 0) is 6.18 Å². The molecule has 0 bridgehead atoms. The minimum Gasteiger partial charge on any atom is -0.385 e. The van der Waals surface area contributed by atoms with Crippen LogP contribution >= 0.6 is 11.5 Å². The Morgan fingerprint density at radius 3 is 2.67 bits per heavy atom. The number of rotatable bonds is 4. The highest BCUT2D eigenvalue weighted by molar-refractivity contribution is 7.09. The summed E-state index contributed by atoms with van der Waals surface area (Å²) in [5, 5.41) is 5.96. The number of nitrogens with one attached hydrogen (secondary N) is 2. The van der Waals surface area contributed by atoms with Gasteiger partial charge in [0.2, 0.25) is 5.13 Å². The highest BCUT2D eigenvalue weighted by atomic mass is 32.1. The fourth-order valence-electron chi connectivity index (χ4n) is 1.88. The largest absolute Gasteiger partial charge is 0.417 e. The van der Waals surface area contributed by atoms with Gasteiger partial charge in [-0.25, -0.2) is 4.98 Å². The first-order chi connectivity index (χ1) is 11.5. The van der Waals surface area contributed by atoms with E-state index in [4.69, 9.17) is 0 Å². The van der Waals surface area contributed by atoms with Crippen molar-refractivity contribution in [2.24, 2.45) is 0 Å². The lowest BCUT2D eigenvalue weighted by Gasteiger charge is -2.12. The Bertz CT molecular complexity index is 834. The van der Waals surface area contributed by atoms with Crippen LogP contribution in [0.1, 0.15) is 5.56 Å². The summed E-state index contributed by atoms with van der Waals surface area (Å²) in [6.45, 7) is 0. The van der Waals surface area contributed by atoms with E-state index in [9.17, 15) is 13.2 Å². The summed E-state index contributed by atoms with van der Waals surface area (Å²) in [5.41, 5.74) is -0.0146. The molecule has 3 heterocycles. The summed E-state index contributed by atoms with van der Waals surface area (Å²) in [7, 11) is 1.52. The lowest BCUT2D eigenvalue weighted by molar-refractivity contribution is -0.137. The summed E-state index contributed by atoms with van der Waals surface area (Å²) < 4.78 is 42.4. The third-order valence-corrected chi connectivity index (χ3v) is 3.66. The summed E-state index contributed by atoms with van der Waals surface area (Å²) in [6.07, 6.45) is -2.06. The van der Waals surface area contributed by atoms with Gasteiger partial charge in [-0.15, -0.1) is 0 Å². The number of alkyl halides is 3. The Balaban J connectivity index is 1.85. The normalized spacial score (nSPS) is 11.3. The maximum absolute atomic E-state index is 12.7. The van der Waals surface area contributed by atoms with E-state index < -0.39 is 11.7 Å². The fraction of sp³-hybridized carbons (Fsp3) is 0.143. The van der Waals surface area contributed by atoms with Gasteiger partial charge >= 0.3 is 6.18 Å². The number of hydrogen-bond donors (Lipinski definition) is 2. The van der Waals surface area contributed by atoms with Crippen LogP contribution < -0.4 is 10.6 Å². The highest BCUT2D eigenvalue weighted by Crippen LogP contribution is 2.33. The van der Waals surface area contributed by atoms with Crippen molar-refractivity contribution < 1.29 is 13.2 Å². The Labute approximate surface area is 139 Å². The molecule has 0 unspecified atom stereocenters. The predicted molar refractivity (Wildman–Crippen MR) is 85.2 cm³/mol. The Hall–Kier alpha value is -2.75. The maximum Gasteiger partial charge on any atom is 0.417 e. The van der Waals surface area contributed by atoms with Crippen molar-refractivity contribution in [3.05, 3.63) is 42.2 Å². The van der Waals surface area contributed by atoms with Gasteiger partial charge in [0.15, 0.2) is 11.6 Å². The second-order valence-corrected chi connectivity index (χ2v) is 5.38. The molecule has 3 aromatic heterocycles. The van der Waals surface area contributed by atoms with Crippen LogP contribution in [0.2, 0.25) is 0 Å². The molecule has 10 heteroatoms. The molecular weight excluding hydrogens is 341 g/mol. The van der Waals surface area contributed by atoms with Crippen molar-refractivity contribution in [1.29, 1.82) is 0 Å². The van der Waals surface area contributed by atoms with Crippen molar-refractivity contribution >= 4 is 28.2 Å². The topological polar surface area (TPSA) is 75.6 Å². The van der Waals surface area contributed by atoms with Gasteiger partial charge < -0.3 is 10.6 Å². The molecule has 0 aromatic carbocycles. The fourth-order valence-corrected chi connectivity index (χ4v) is 2.46. The van der Waals surface area contributed by atoms with Gasteiger partial charge in [-0.2, -0.15) is 22.5 Å². The standard InChI is InChI=1S/C14H11F3N6S/c1-18-10-6-8(14(15,16)17)7-20-11(10)21-13-22-12(23-24-13)9-4-2-3-5-19-9/h2-7,18H,1H3,(H,20,21,22,23). The molecule has 0 aliphatic rings. The molecule has 0 radical (unpaired) electrons. The van der Waals surface area contributed by atoms with E-state index in [0.29, 0.717) is 16.6 Å². The molecule has 0 aliphatic heterocycles. The third-order valence-electron chi connectivity index (χ3n) is 3.03. The molecule has 124 valence electrons. The first-order valence-electron chi connectivity index (χ1n) is 6.74. The number of halogens is 3. The number of pyridine rings is 2. The predicted octanol–water partition coefficient (Wildman–Crippen LogP) is 3.80. The van der Waals surface area contributed by atoms with E-state index in [2.05, 4.69) is 30.0 Å². The summed E-state index contributed by atoms with van der Waals surface area (Å²) in [6, 6.07) is 6.34. The maximum atomic E-state index is 12.7. The Morgan fingerprint density at radius 1 is 1.17 bits per heavy atom. The van der Waals surface area contributed by atoms with Crippen LogP contribution in [-0.4, -0.2) is 26.4 Å². The van der Waals surface area contributed by atoms with Crippen molar-refractivity contribution in [2.75, 3.05) is 17.7 Å². The zero-order chi connectivity index (χ0) is 17.2. The van der Waals surface area contributed by atoms with Crippen LogP contribution in [0.3, 0.4) is 0 Å². The first kappa shape index (κ1) is 16.1. The van der Waals surface area contributed by atoms with Crippen LogP contribution in [0.25, 0.3) is 11.5 Å². The molecule has 24 heavy (non-hydrogen) atoms. The number of aromatic nitrogens is 4. The van der Waals surface area contributed by atoms with Crippen LogP contribution in [0, 0.1) is 0 Å². The average molecular weight is 352 g/mol. The molecule has 0 saturated heterocycles. The van der Waals surface area contributed by atoms with Gasteiger partial charge in [-0.1, -0.05) is 6.07 Å². The zero-order valence-corrected chi connectivity index (χ0v) is 13.1. The van der Waals surface area contributed by atoms with E-state index in [1.54, 1.807) is 18.3 Å². The molecule has 0 spiro atoms. The van der Waals surface area contributed by atoms with Crippen molar-refractivity contribution in [3.63, 3.8) is 0 Å². The Morgan fingerprint density at radius 2 is 2.00 bits per heavy atom. The van der Waals surface area contributed by atoms with E-state index in [1.807, 2.05) is 6.07 Å². The lowest BCUT2D eigenvalue weighted by Crippen LogP contribution is -2.08. The van der Waals surface area contributed by atoms with Gasteiger partial charge in [0.05, 0.1) is 11.3 Å². The molecular formula is C14H11F3N6S. The average Bonchev–Trinajstić information content (AvgIpc) is 3.03. The summed E-state index contributed by atoms with van der Waals surface area (Å²) in [5.74, 6) is 0.662. The molecule has 0 saturated carbocycles. The monoisotopic (exact) mass is 352 g/mol. The van der Waals surface area contributed by atoms with Crippen molar-refractivity contribution in [2.45, 2.75) is 6.18 Å². The summed E-state index contributed by atoms with van der Waals surface area (Å²) in [4.78, 5) is 12.2. The molecule has 2 N–H and O–H groups in total. The van der Waals surface area contributed by atoms with Crippen molar-refractivity contribution in [1.82, 2.24) is 19.3 Å². The van der Waals surface area contributed by atoms with Crippen LogP contribution in [0.5, 0.6) is 0 Å². The minimum absolute atomic E-state index is 0.208. The first-order valence-corrected chi connectivity index (χ1v) is 7.52. The van der Waals surface area contributed by atoms with E-state index >= 15 is 0 Å². The zero-order valence-electron chi connectivity index (χ0n) is 12.3. The van der Waals surface area contributed by atoms with Gasteiger partial charge in [-0.05, 0) is 18.2 Å². The van der Waals surface area contributed by atoms with E-state index in [0.717, 1.165) is 23.8 Å². The third kappa shape index (κ3) is 3.43. The van der Waals surface area contributed by atoms with Gasteiger partial charge in [0.25, 0.3) is 0 Å². The number of hydrogen-bond acceptors (Lipinski definition) is 7. The highest BCUT2D eigenvalue weighted by Gasteiger charge is 2.31. The molecule has 3 aromatic rings. The van der Waals surface area contributed by atoms with Gasteiger partial charge in [0.1, 0.15) is 5.69 Å². The number of nitrogens with zero attached hydrogens (tertiary/aromatic N) is 4. The van der Waals surface area contributed by atoms with E-state index in [-0.39, 0.29) is 11.5 Å².